The molecule has 0 amide bonds. The number of aromatic nitrogens is 2. The Labute approximate surface area is 113 Å². The van der Waals surface area contributed by atoms with Gasteiger partial charge in [0.25, 0.3) is 9.05 Å². The molecule has 0 N–H and O–H groups in total. The third-order valence-corrected chi connectivity index (χ3v) is 3.73. The molecule has 1 aromatic rings. The third-order valence-electron chi connectivity index (χ3n) is 2.56. The molecule has 0 bridgehead atoms. The predicted molar refractivity (Wildman–Crippen MR) is 72.5 cm³/mol. The maximum absolute atomic E-state index is 11.3. The fourth-order valence-corrected chi connectivity index (χ4v) is 2.40. The Morgan fingerprint density at radius 1 is 1.44 bits per heavy atom. The molecule has 1 aromatic heterocycles. The first-order valence-corrected chi connectivity index (χ1v) is 8.19. The lowest BCUT2D eigenvalue weighted by atomic mass is 10.2. The highest BCUT2D eigenvalue weighted by Crippen LogP contribution is 2.20. The Kier molecular flexibility index (Phi) is 5.19. The van der Waals surface area contributed by atoms with Crippen LogP contribution in [0, 0.1) is 0 Å². The number of rotatable bonds is 6. The molecule has 0 saturated carbocycles. The molecule has 1 heterocycles. The zero-order valence-electron chi connectivity index (χ0n) is 11.2. The van der Waals surface area contributed by atoms with Gasteiger partial charge < -0.3 is 9.47 Å². The number of imidazole rings is 1. The minimum atomic E-state index is -3.75. The number of aryl methyl sites for hydroxylation is 1. The van der Waals surface area contributed by atoms with Gasteiger partial charge in [-0.15, -0.1) is 0 Å². The smallest absolute Gasteiger partial charge is 0.280 e. The van der Waals surface area contributed by atoms with E-state index >= 15 is 0 Å². The summed E-state index contributed by atoms with van der Waals surface area (Å²) in [4.78, 5) is 6.20. The van der Waals surface area contributed by atoms with Crippen LogP contribution < -0.4 is 0 Å². The molecular weight excluding hydrogens is 274 g/mol. The van der Waals surface area contributed by atoms with Crippen molar-refractivity contribution in [2.24, 2.45) is 0 Å². The van der Waals surface area contributed by atoms with Gasteiger partial charge >= 0.3 is 0 Å². The van der Waals surface area contributed by atoms with Gasteiger partial charge in [0.2, 0.25) is 0 Å². The average Bonchev–Trinajstić information content (AvgIpc) is 2.60. The van der Waals surface area contributed by atoms with Crippen molar-refractivity contribution in [3.8, 4) is 0 Å². The predicted octanol–water partition coefficient (Wildman–Crippen LogP) is 1.89. The summed E-state index contributed by atoms with van der Waals surface area (Å²) < 4.78 is 24.4. The van der Waals surface area contributed by atoms with Crippen molar-refractivity contribution in [1.82, 2.24) is 14.5 Å². The van der Waals surface area contributed by atoms with Gasteiger partial charge in [-0.2, -0.15) is 0 Å². The molecule has 0 atom stereocenters. The molecule has 0 aliphatic rings. The summed E-state index contributed by atoms with van der Waals surface area (Å²) >= 11 is 0. The molecule has 0 aromatic carbocycles. The van der Waals surface area contributed by atoms with E-state index in [2.05, 4.69) is 9.88 Å². The van der Waals surface area contributed by atoms with Crippen molar-refractivity contribution in [3.63, 3.8) is 0 Å². The van der Waals surface area contributed by atoms with E-state index < -0.39 is 9.05 Å². The number of halogens is 1. The molecule has 18 heavy (non-hydrogen) atoms. The summed E-state index contributed by atoms with van der Waals surface area (Å²) in [6, 6.07) is 0. The topological polar surface area (TPSA) is 55.2 Å². The summed E-state index contributed by atoms with van der Waals surface area (Å²) in [7, 11) is 5.58. The maximum Gasteiger partial charge on any atom is 0.280 e. The first kappa shape index (κ1) is 15.5. The van der Waals surface area contributed by atoms with E-state index in [1.54, 1.807) is 0 Å². The van der Waals surface area contributed by atoms with Crippen LogP contribution in [-0.4, -0.2) is 43.5 Å². The monoisotopic (exact) mass is 293 g/mol. The molecule has 104 valence electrons. The van der Waals surface area contributed by atoms with Crippen LogP contribution in [-0.2, 0) is 15.6 Å². The van der Waals surface area contributed by atoms with Gasteiger partial charge in [-0.05, 0) is 27.1 Å². The fraction of sp³-hybridized carbons (Fsp3) is 0.727. The normalized spacial score (nSPS) is 12.6. The van der Waals surface area contributed by atoms with E-state index in [-0.39, 0.29) is 10.9 Å². The van der Waals surface area contributed by atoms with Gasteiger partial charge in [-0.25, -0.2) is 13.4 Å². The second-order valence-corrected chi connectivity index (χ2v) is 7.39. The molecule has 0 spiro atoms. The lowest BCUT2D eigenvalue weighted by Crippen LogP contribution is -2.15. The highest BCUT2D eigenvalue weighted by molar-refractivity contribution is 8.13. The minimum absolute atomic E-state index is 0.0577. The van der Waals surface area contributed by atoms with Gasteiger partial charge in [-0.1, -0.05) is 13.8 Å². The number of hydrogen-bond acceptors (Lipinski definition) is 4. The van der Waals surface area contributed by atoms with Crippen molar-refractivity contribution in [1.29, 1.82) is 0 Å². The number of nitrogens with zero attached hydrogens (tertiary/aromatic N) is 3. The van der Waals surface area contributed by atoms with Gasteiger partial charge in [0.05, 0.1) is 0 Å². The van der Waals surface area contributed by atoms with Gasteiger partial charge in [0, 0.05) is 29.3 Å². The van der Waals surface area contributed by atoms with Crippen molar-refractivity contribution >= 4 is 19.7 Å². The van der Waals surface area contributed by atoms with E-state index in [0.717, 1.165) is 25.3 Å². The molecule has 5 nitrogen and oxygen atoms in total. The van der Waals surface area contributed by atoms with Crippen LogP contribution in [0.5, 0.6) is 0 Å². The van der Waals surface area contributed by atoms with Crippen LogP contribution >= 0.6 is 10.7 Å². The van der Waals surface area contributed by atoms with Crippen molar-refractivity contribution < 1.29 is 8.42 Å². The maximum atomic E-state index is 11.3. The zero-order valence-corrected chi connectivity index (χ0v) is 12.8. The summed E-state index contributed by atoms with van der Waals surface area (Å²) in [5.74, 6) is 0.921. The van der Waals surface area contributed by atoms with Gasteiger partial charge in [0.1, 0.15) is 5.82 Å². The summed E-state index contributed by atoms with van der Waals surface area (Å²) in [6.07, 6.45) is 2.46. The van der Waals surface area contributed by atoms with Gasteiger partial charge in [0.15, 0.2) is 5.03 Å². The Balaban J connectivity index is 2.92. The molecule has 7 heteroatoms. The molecule has 0 saturated heterocycles. The quantitative estimate of drug-likeness (QED) is 0.752. The van der Waals surface area contributed by atoms with Crippen LogP contribution in [0.2, 0.25) is 0 Å². The van der Waals surface area contributed by atoms with E-state index in [1.165, 1.54) is 6.20 Å². The van der Waals surface area contributed by atoms with E-state index in [0.29, 0.717) is 0 Å². The molecule has 1 rings (SSSR count). The molecule has 0 radical (unpaired) electrons. The van der Waals surface area contributed by atoms with E-state index in [4.69, 9.17) is 10.7 Å². The molecule has 0 fully saturated rings. The van der Waals surface area contributed by atoms with E-state index in [1.807, 2.05) is 32.5 Å². The Hall–Kier alpha value is -0.590. The van der Waals surface area contributed by atoms with Crippen molar-refractivity contribution in [2.75, 3.05) is 20.6 Å². The standard InChI is InChI=1S/C11H20ClN3O2S/c1-9(2)11-13-10(18(12,16)17)8-15(11)7-5-6-14(3)4/h8-9H,5-7H2,1-4H3. The van der Waals surface area contributed by atoms with Crippen LogP contribution in [0.15, 0.2) is 11.2 Å². The molecule has 0 aliphatic heterocycles. The first-order chi connectivity index (χ1) is 8.21. The second-order valence-electron chi connectivity index (χ2n) is 4.88. The van der Waals surface area contributed by atoms with Crippen LogP contribution in [0.1, 0.15) is 32.0 Å². The lowest BCUT2D eigenvalue weighted by molar-refractivity contribution is 0.384. The Bertz CT molecular complexity index is 494. The summed E-state index contributed by atoms with van der Waals surface area (Å²) in [6.45, 7) is 5.65. The fourth-order valence-electron chi connectivity index (χ4n) is 1.72. The lowest BCUT2D eigenvalue weighted by Gasteiger charge is -2.12. The SMILES string of the molecule is CC(C)c1nc(S(=O)(=O)Cl)cn1CCCN(C)C. The largest absolute Gasteiger partial charge is 0.333 e. The number of hydrogen-bond donors (Lipinski definition) is 0. The Morgan fingerprint density at radius 3 is 2.50 bits per heavy atom. The van der Waals surface area contributed by atoms with Gasteiger partial charge in [-0.3, -0.25) is 0 Å². The van der Waals surface area contributed by atoms with Crippen LogP contribution in [0.25, 0.3) is 0 Å². The molecular formula is C11H20ClN3O2S. The van der Waals surface area contributed by atoms with Crippen LogP contribution in [0.4, 0.5) is 0 Å². The minimum Gasteiger partial charge on any atom is -0.333 e. The molecule has 0 unspecified atom stereocenters. The second kappa shape index (κ2) is 6.04. The van der Waals surface area contributed by atoms with Crippen molar-refractivity contribution in [3.05, 3.63) is 12.0 Å². The third kappa shape index (κ3) is 4.26. The molecule has 0 aliphatic carbocycles. The zero-order chi connectivity index (χ0) is 13.9. The first-order valence-electron chi connectivity index (χ1n) is 5.88. The van der Waals surface area contributed by atoms with E-state index in [9.17, 15) is 8.42 Å². The highest BCUT2D eigenvalue weighted by Gasteiger charge is 2.19. The van der Waals surface area contributed by atoms with Crippen molar-refractivity contribution in [2.45, 2.75) is 37.8 Å². The highest BCUT2D eigenvalue weighted by atomic mass is 35.7. The summed E-state index contributed by atoms with van der Waals surface area (Å²) in [5.41, 5.74) is 0. The average molecular weight is 294 g/mol. The van der Waals surface area contributed by atoms with Crippen LogP contribution in [0.3, 0.4) is 0 Å². The summed E-state index contributed by atoms with van der Waals surface area (Å²) in [5, 5.41) is -0.0577. The Morgan fingerprint density at radius 2 is 2.06 bits per heavy atom.